The van der Waals surface area contributed by atoms with Crippen molar-refractivity contribution in [2.45, 2.75) is 4.90 Å². The van der Waals surface area contributed by atoms with Crippen LogP contribution in [0.3, 0.4) is 0 Å². The van der Waals surface area contributed by atoms with Gasteiger partial charge in [-0.3, -0.25) is 4.55 Å². The van der Waals surface area contributed by atoms with E-state index in [0.29, 0.717) is 11.4 Å². The third-order valence-electron chi connectivity index (χ3n) is 2.35. The van der Waals surface area contributed by atoms with E-state index in [4.69, 9.17) is 10.3 Å². The highest BCUT2D eigenvalue weighted by Crippen LogP contribution is 2.27. The van der Waals surface area contributed by atoms with Gasteiger partial charge in [-0.05, 0) is 24.3 Å². The van der Waals surface area contributed by atoms with Crippen molar-refractivity contribution in [2.24, 2.45) is 10.2 Å². The smallest absolute Gasteiger partial charge is 0.296 e. The van der Waals surface area contributed by atoms with Crippen LogP contribution >= 0.6 is 0 Å². The normalized spacial score (nSPS) is 11.8. The summed E-state index contributed by atoms with van der Waals surface area (Å²) in [6.07, 6.45) is 0. The molecule has 0 fully saturated rings. The lowest BCUT2D eigenvalue weighted by atomic mass is 10.3. The Bertz CT molecular complexity index is 727. The summed E-state index contributed by atoms with van der Waals surface area (Å²) in [5.74, 6) is 0. The van der Waals surface area contributed by atoms with E-state index in [9.17, 15) is 8.42 Å². The molecule has 7 heteroatoms. The molecule has 98 valence electrons. The number of hydrogen-bond donors (Lipinski definition) is 2. The van der Waals surface area contributed by atoms with Gasteiger partial charge in [0, 0.05) is 0 Å². The van der Waals surface area contributed by atoms with Gasteiger partial charge in [-0.1, -0.05) is 24.3 Å². The number of nitrogens with zero attached hydrogens (tertiary/aromatic N) is 2. The summed E-state index contributed by atoms with van der Waals surface area (Å²) in [5, 5.41) is 7.68. The largest absolute Gasteiger partial charge is 0.397 e. The zero-order valence-corrected chi connectivity index (χ0v) is 10.6. The second-order valence-corrected chi connectivity index (χ2v) is 5.09. The molecule has 19 heavy (non-hydrogen) atoms. The number of hydrogen-bond acceptors (Lipinski definition) is 5. The number of anilines is 1. The van der Waals surface area contributed by atoms with E-state index in [-0.39, 0.29) is 10.6 Å². The summed E-state index contributed by atoms with van der Waals surface area (Å²) in [6.45, 7) is 0. The third kappa shape index (κ3) is 3.15. The van der Waals surface area contributed by atoms with Crippen LogP contribution in [-0.4, -0.2) is 13.0 Å². The van der Waals surface area contributed by atoms with Gasteiger partial charge in [0.2, 0.25) is 0 Å². The van der Waals surface area contributed by atoms with Gasteiger partial charge in [0.25, 0.3) is 10.1 Å². The van der Waals surface area contributed by atoms with Gasteiger partial charge in [0.05, 0.1) is 5.69 Å². The summed E-state index contributed by atoms with van der Waals surface area (Å²) < 4.78 is 31.4. The Balaban J connectivity index is 2.43. The van der Waals surface area contributed by atoms with E-state index < -0.39 is 10.1 Å². The Kier molecular flexibility index (Phi) is 3.59. The summed E-state index contributed by atoms with van der Waals surface area (Å²) in [5.41, 5.74) is 6.59. The molecule has 0 unspecified atom stereocenters. The highest BCUT2D eigenvalue weighted by atomic mass is 32.2. The molecule has 0 amide bonds. The van der Waals surface area contributed by atoms with E-state index in [0.717, 1.165) is 0 Å². The van der Waals surface area contributed by atoms with E-state index >= 15 is 0 Å². The zero-order chi connectivity index (χ0) is 13.9. The van der Waals surface area contributed by atoms with Crippen LogP contribution in [0.15, 0.2) is 63.7 Å². The molecular weight excluding hydrogens is 266 g/mol. The maximum Gasteiger partial charge on any atom is 0.296 e. The molecule has 0 spiro atoms. The van der Waals surface area contributed by atoms with E-state index in [1.807, 2.05) is 0 Å². The van der Waals surface area contributed by atoms with Crippen LogP contribution in [0.1, 0.15) is 0 Å². The van der Waals surface area contributed by atoms with Crippen molar-refractivity contribution in [3.8, 4) is 0 Å². The topological polar surface area (TPSA) is 105 Å². The standard InChI is InChI=1S/C12H11N3O3S/c13-9-5-1-2-6-10(9)14-15-11-7-3-4-8-12(11)19(16,17)18/h1-8H,13H2,(H,16,17,18)/b15-14+. The molecule has 0 aliphatic carbocycles. The lowest BCUT2D eigenvalue weighted by Crippen LogP contribution is -1.97. The van der Waals surface area contributed by atoms with Crippen molar-refractivity contribution in [3.05, 3.63) is 48.5 Å². The minimum Gasteiger partial charge on any atom is -0.397 e. The van der Waals surface area contributed by atoms with Crippen molar-refractivity contribution in [1.29, 1.82) is 0 Å². The molecule has 0 heterocycles. The van der Waals surface area contributed by atoms with Crippen LogP contribution in [0.2, 0.25) is 0 Å². The molecule has 2 aromatic rings. The fourth-order valence-corrected chi connectivity index (χ4v) is 2.07. The molecule has 0 atom stereocenters. The number of rotatable bonds is 3. The molecule has 0 saturated heterocycles. The number of azo groups is 1. The summed E-state index contributed by atoms with van der Waals surface area (Å²) >= 11 is 0. The van der Waals surface area contributed by atoms with Crippen LogP contribution in [0.5, 0.6) is 0 Å². The second kappa shape index (κ2) is 5.17. The fourth-order valence-electron chi connectivity index (χ4n) is 1.44. The highest BCUT2D eigenvalue weighted by Gasteiger charge is 2.14. The van der Waals surface area contributed by atoms with Gasteiger partial charge >= 0.3 is 0 Å². The number of benzene rings is 2. The summed E-state index contributed by atoms with van der Waals surface area (Å²) in [4.78, 5) is -0.298. The van der Waals surface area contributed by atoms with Crippen molar-refractivity contribution < 1.29 is 13.0 Å². The molecule has 3 N–H and O–H groups in total. The number of nitrogen functional groups attached to an aromatic ring is 1. The maximum atomic E-state index is 11.2. The van der Waals surface area contributed by atoms with Gasteiger partial charge in [-0.25, -0.2) is 0 Å². The Morgan fingerprint density at radius 3 is 2.05 bits per heavy atom. The molecule has 0 radical (unpaired) electrons. The molecule has 0 bridgehead atoms. The molecule has 6 nitrogen and oxygen atoms in total. The van der Waals surface area contributed by atoms with E-state index in [2.05, 4.69) is 10.2 Å². The molecule has 0 aliphatic heterocycles. The van der Waals surface area contributed by atoms with Gasteiger partial charge in [0.1, 0.15) is 16.3 Å². The van der Waals surface area contributed by atoms with Gasteiger partial charge < -0.3 is 5.73 Å². The molecule has 0 saturated carbocycles. The van der Waals surface area contributed by atoms with Crippen molar-refractivity contribution in [2.75, 3.05) is 5.73 Å². The first kappa shape index (κ1) is 13.2. The van der Waals surface area contributed by atoms with Gasteiger partial charge in [-0.2, -0.15) is 8.42 Å². The van der Waals surface area contributed by atoms with E-state index in [1.54, 1.807) is 30.3 Å². The molecule has 2 aromatic carbocycles. The third-order valence-corrected chi connectivity index (χ3v) is 3.25. The highest BCUT2D eigenvalue weighted by molar-refractivity contribution is 7.86. The second-order valence-electron chi connectivity index (χ2n) is 3.70. The van der Waals surface area contributed by atoms with Crippen LogP contribution in [0.25, 0.3) is 0 Å². The van der Waals surface area contributed by atoms with E-state index in [1.165, 1.54) is 18.2 Å². The van der Waals surface area contributed by atoms with Crippen LogP contribution in [0, 0.1) is 0 Å². The van der Waals surface area contributed by atoms with Gasteiger partial charge in [0.15, 0.2) is 0 Å². The minimum atomic E-state index is -4.33. The average molecular weight is 277 g/mol. The zero-order valence-electron chi connectivity index (χ0n) is 9.76. The quantitative estimate of drug-likeness (QED) is 0.511. The molecular formula is C12H11N3O3S. The predicted molar refractivity (Wildman–Crippen MR) is 71.3 cm³/mol. The Hall–Kier alpha value is -2.25. The maximum absolute atomic E-state index is 11.2. The van der Waals surface area contributed by atoms with Crippen molar-refractivity contribution >= 4 is 27.2 Å². The summed E-state index contributed by atoms with van der Waals surface area (Å²) in [6, 6.07) is 12.6. The fraction of sp³-hybridized carbons (Fsp3) is 0. The number of nitrogens with two attached hydrogens (primary N) is 1. The SMILES string of the molecule is Nc1ccccc1/N=N/c1ccccc1S(=O)(=O)O. The average Bonchev–Trinajstić information content (AvgIpc) is 2.37. The first-order valence-electron chi connectivity index (χ1n) is 5.31. The van der Waals surface area contributed by atoms with Crippen LogP contribution in [0.4, 0.5) is 17.1 Å². The lowest BCUT2D eigenvalue weighted by molar-refractivity contribution is 0.483. The van der Waals surface area contributed by atoms with Crippen LogP contribution < -0.4 is 5.73 Å². The van der Waals surface area contributed by atoms with Crippen molar-refractivity contribution in [1.82, 2.24) is 0 Å². The molecule has 0 aromatic heterocycles. The Morgan fingerprint density at radius 1 is 0.895 bits per heavy atom. The lowest BCUT2D eigenvalue weighted by Gasteiger charge is -2.01. The first-order valence-corrected chi connectivity index (χ1v) is 6.75. The Morgan fingerprint density at radius 2 is 1.42 bits per heavy atom. The summed E-state index contributed by atoms with van der Waals surface area (Å²) in [7, 11) is -4.33. The van der Waals surface area contributed by atoms with Crippen molar-refractivity contribution in [3.63, 3.8) is 0 Å². The monoisotopic (exact) mass is 277 g/mol. The molecule has 0 aliphatic rings. The Labute approximate surface area is 110 Å². The predicted octanol–water partition coefficient (Wildman–Crippen LogP) is 2.93. The van der Waals surface area contributed by atoms with Crippen LogP contribution in [-0.2, 0) is 10.1 Å². The van der Waals surface area contributed by atoms with Gasteiger partial charge in [-0.15, -0.1) is 10.2 Å². The number of para-hydroxylation sites is 1. The first-order chi connectivity index (χ1) is 8.98. The molecule has 2 rings (SSSR count). The minimum absolute atomic E-state index is 0.0493.